The normalized spacial score (nSPS) is 29.9. The largest absolute Gasteiger partial charge is 0.393 e. The van der Waals surface area contributed by atoms with Crippen LogP contribution < -0.4 is 5.32 Å². The van der Waals surface area contributed by atoms with E-state index in [9.17, 15) is 19.5 Å². The van der Waals surface area contributed by atoms with Crippen LogP contribution in [0.1, 0.15) is 45.6 Å². The molecule has 0 radical (unpaired) electrons. The topological polar surface area (TPSA) is 99.1 Å². The number of carbonyl (C=O) groups is 3. The molecule has 1 aliphatic heterocycles. The predicted molar refractivity (Wildman–Crippen MR) is 109 cm³/mol. The van der Waals surface area contributed by atoms with Crippen molar-refractivity contribution in [2.75, 3.05) is 6.54 Å². The van der Waals surface area contributed by atoms with Gasteiger partial charge in [-0.3, -0.25) is 24.8 Å². The first-order valence-corrected chi connectivity index (χ1v) is 9.97. The maximum atomic E-state index is 12.8. The number of hydrogen-bond acceptors (Lipinski definition) is 5. The van der Waals surface area contributed by atoms with Crippen LogP contribution in [0.15, 0.2) is 35.3 Å². The van der Waals surface area contributed by atoms with Crippen LogP contribution in [0.25, 0.3) is 0 Å². The van der Waals surface area contributed by atoms with Gasteiger partial charge in [0.25, 0.3) is 0 Å². The summed E-state index contributed by atoms with van der Waals surface area (Å²) in [6, 6.07) is 8.43. The molecule has 0 spiro atoms. The molecule has 1 saturated heterocycles. The van der Waals surface area contributed by atoms with E-state index in [-0.39, 0.29) is 23.5 Å². The number of hydrogen-bond donors (Lipinski definition) is 2. The van der Waals surface area contributed by atoms with Crippen molar-refractivity contribution >= 4 is 24.1 Å². The Kier molecular flexibility index (Phi) is 5.89. The van der Waals surface area contributed by atoms with Gasteiger partial charge in [-0.1, -0.05) is 51.1 Å². The fraction of sp³-hybridized carbons (Fsp3) is 0.545. The van der Waals surface area contributed by atoms with Gasteiger partial charge < -0.3 is 5.11 Å². The Balaban J connectivity index is 1.69. The number of aliphatic hydroxyl groups excluding tert-OH is 1. The van der Waals surface area contributed by atoms with Crippen molar-refractivity contribution in [3.05, 3.63) is 35.9 Å². The lowest BCUT2D eigenvalue weighted by molar-refractivity contribution is -0.139. The Bertz CT molecular complexity index is 821. The van der Waals surface area contributed by atoms with Crippen molar-refractivity contribution in [3.63, 3.8) is 0 Å². The molecule has 7 heteroatoms. The second-order valence-electron chi connectivity index (χ2n) is 9.39. The van der Waals surface area contributed by atoms with E-state index in [1.54, 1.807) is 0 Å². The molecule has 3 atom stereocenters. The van der Waals surface area contributed by atoms with Crippen LogP contribution in [0, 0.1) is 16.7 Å². The summed E-state index contributed by atoms with van der Waals surface area (Å²) in [5.41, 5.74) is 0.608. The minimum Gasteiger partial charge on any atom is -0.393 e. The summed E-state index contributed by atoms with van der Waals surface area (Å²) < 4.78 is 0. The van der Waals surface area contributed by atoms with Gasteiger partial charge in [0.2, 0.25) is 11.8 Å². The highest BCUT2D eigenvalue weighted by Crippen LogP contribution is 2.46. The number of rotatable bonds is 5. The molecule has 2 aliphatic rings. The van der Waals surface area contributed by atoms with Gasteiger partial charge in [0.05, 0.1) is 12.6 Å². The quantitative estimate of drug-likeness (QED) is 0.587. The first-order valence-electron chi connectivity index (χ1n) is 9.97. The zero-order chi connectivity index (χ0) is 21.2. The standard InChI is InChI=1S/C22H29N3O4/c1-21(2)9-16(26)10-22(3,13-21)14-23-11-17-18(27)24-20(29)25(19(17)28)12-15-7-5-4-6-8-15/h4-8,11,16-17,26H,9-10,12-14H2,1-3H3,(H,24,27,29)/t16-,17?,22+/m0/s1. The molecule has 1 aliphatic carbocycles. The first kappa shape index (κ1) is 21.2. The summed E-state index contributed by atoms with van der Waals surface area (Å²) in [7, 11) is 0. The van der Waals surface area contributed by atoms with Crippen LogP contribution in [-0.2, 0) is 16.1 Å². The van der Waals surface area contributed by atoms with Gasteiger partial charge in [-0.05, 0) is 35.7 Å². The number of nitrogens with zero attached hydrogens (tertiary/aromatic N) is 2. The third-order valence-corrected chi connectivity index (χ3v) is 5.62. The molecule has 2 fully saturated rings. The van der Waals surface area contributed by atoms with Crippen LogP contribution in [0.4, 0.5) is 4.79 Å². The molecule has 1 heterocycles. The Hall–Kier alpha value is -2.54. The summed E-state index contributed by atoms with van der Waals surface area (Å²) in [6.45, 7) is 6.84. The molecule has 0 bridgehead atoms. The fourth-order valence-corrected chi connectivity index (χ4v) is 4.76. The van der Waals surface area contributed by atoms with Gasteiger partial charge in [-0.25, -0.2) is 4.79 Å². The molecule has 2 N–H and O–H groups in total. The Morgan fingerprint density at radius 1 is 1.17 bits per heavy atom. The molecule has 1 saturated carbocycles. The maximum absolute atomic E-state index is 12.8. The smallest absolute Gasteiger partial charge is 0.331 e. The second kappa shape index (κ2) is 8.06. The molecule has 1 unspecified atom stereocenters. The molecule has 29 heavy (non-hydrogen) atoms. The summed E-state index contributed by atoms with van der Waals surface area (Å²) in [4.78, 5) is 42.6. The lowest BCUT2D eigenvalue weighted by atomic mass is 9.63. The predicted octanol–water partition coefficient (Wildman–Crippen LogP) is 2.53. The summed E-state index contributed by atoms with van der Waals surface area (Å²) in [6.07, 6.45) is 3.26. The van der Waals surface area contributed by atoms with E-state index in [0.29, 0.717) is 13.0 Å². The van der Waals surface area contributed by atoms with Crippen molar-refractivity contribution in [3.8, 4) is 0 Å². The monoisotopic (exact) mass is 399 g/mol. The Morgan fingerprint density at radius 2 is 1.86 bits per heavy atom. The molecule has 156 valence electrons. The van der Waals surface area contributed by atoms with Crippen LogP contribution >= 0.6 is 0 Å². The lowest BCUT2D eigenvalue weighted by Gasteiger charge is -2.44. The number of imide groups is 2. The maximum Gasteiger partial charge on any atom is 0.331 e. The summed E-state index contributed by atoms with van der Waals surface area (Å²) in [5.74, 6) is -2.34. The molecule has 0 aromatic heterocycles. The van der Waals surface area contributed by atoms with Gasteiger partial charge in [-0.15, -0.1) is 0 Å². The van der Waals surface area contributed by atoms with E-state index in [4.69, 9.17) is 0 Å². The van der Waals surface area contributed by atoms with Crippen LogP contribution in [0.5, 0.6) is 0 Å². The first-order chi connectivity index (χ1) is 13.6. The molecule has 3 rings (SSSR count). The third kappa shape index (κ3) is 5.09. The van der Waals surface area contributed by atoms with Gasteiger partial charge in [-0.2, -0.15) is 0 Å². The van der Waals surface area contributed by atoms with Crippen LogP contribution in [-0.4, -0.2) is 46.7 Å². The highest BCUT2D eigenvalue weighted by atomic mass is 16.3. The highest BCUT2D eigenvalue weighted by molar-refractivity contribution is 6.23. The minimum atomic E-state index is -1.12. The average molecular weight is 399 g/mol. The van der Waals surface area contributed by atoms with Gasteiger partial charge in [0.1, 0.15) is 0 Å². The lowest BCUT2D eigenvalue weighted by Crippen LogP contribution is -2.57. The van der Waals surface area contributed by atoms with E-state index in [1.165, 1.54) is 6.21 Å². The molecular weight excluding hydrogens is 370 g/mol. The number of aliphatic hydroxyl groups is 1. The average Bonchev–Trinajstić information content (AvgIpc) is 2.60. The number of benzene rings is 1. The SMILES string of the molecule is CC1(C)C[C@H](O)C[C@@](C)(CN=CC2C(=O)NC(=O)N(Cc3ccccc3)C2=O)C1. The minimum absolute atomic E-state index is 0.0128. The Labute approximate surface area is 171 Å². The van der Waals surface area contributed by atoms with Crippen molar-refractivity contribution in [1.29, 1.82) is 0 Å². The number of urea groups is 1. The molecule has 1 aromatic rings. The number of nitrogens with one attached hydrogen (secondary N) is 1. The zero-order valence-electron chi connectivity index (χ0n) is 17.2. The van der Waals surface area contributed by atoms with E-state index in [2.05, 4.69) is 31.1 Å². The number of aliphatic imine (C=N–C) groups is 1. The Morgan fingerprint density at radius 3 is 2.52 bits per heavy atom. The number of amides is 4. The van der Waals surface area contributed by atoms with Crippen molar-refractivity contribution in [1.82, 2.24) is 10.2 Å². The zero-order valence-corrected chi connectivity index (χ0v) is 17.2. The van der Waals surface area contributed by atoms with Crippen LogP contribution in [0.3, 0.4) is 0 Å². The van der Waals surface area contributed by atoms with Crippen molar-refractivity contribution in [2.24, 2.45) is 21.7 Å². The fourth-order valence-electron chi connectivity index (χ4n) is 4.76. The summed E-state index contributed by atoms with van der Waals surface area (Å²) in [5, 5.41) is 12.4. The molecular formula is C22H29N3O4. The highest BCUT2D eigenvalue weighted by Gasteiger charge is 2.42. The number of barbiturate groups is 1. The van der Waals surface area contributed by atoms with Crippen LogP contribution in [0.2, 0.25) is 0 Å². The van der Waals surface area contributed by atoms with E-state index in [0.717, 1.165) is 23.3 Å². The molecule has 4 amide bonds. The van der Waals surface area contributed by atoms with E-state index < -0.39 is 23.8 Å². The molecule has 1 aromatic carbocycles. The van der Waals surface area contributed by atoms with E-state index >= 15 is 0 Å². The second-order valence-corrected chi connectivity index (χ2v) is 9.39. The molecule has 7 nitrogen and oxygen atoms in total. The third-order valence-electron chi connectivity index (χ3n) is 5.62. The van der Waals surface area contributed by atoms with Gasteiger partial charge >= 0.3 is 6.03 Å². The van der Waals surface area contributed by atoms with Gasteiger partial charge in [0.15, 0.2) is 5.92 Å². The van der Waals surface area contributed by atoms with Crippen molar-refractivity contribution < 1.29 is 19.5 Å². The summed E-state index contributed by atoms with van der Waals surface area (Å²) >= 11 is 0. The van der Waals surface area contributed by atoms with Crippen molar-refractivity contribution in [2.45, 2.75) is 52.7 Å². The number of carbonyl (C=O) groups excluding carboxylic acids is 3. The van der Waals surface area contributed by atoms with Gasteiger partial charge in [0, 0.05) is 12.8 Å². The van der Waals surface area contributed by atoms with E-state index in [1.807, 2.05) is 30.3 Å².